The molecular formula is C15H22N4O2S. The molecule has 0 spiro atoms. The van der Waals surface area contributed by atoms with Crippen LogP contribution in [0, 0.1) is 0 Å². The highest BCUT2D eigenvalue weighted by atomic mass is 32.1. The van der Waals surface area contributed by atoms with Crippen molar-refractivity contribution in [2.24, 2.45) is 5.10 Å². The van der Waals surface area contributed by atoms with E-state index in [1.807, 2.05) is 24.3 Å². The van der Waals surface area contributed by atoms with Crippen molar-refractivity contribution >= 4 is 23.5 Å². The number of hydrogen-bond acceptors (Lipinski definition) is 5. The smallest absolute Gasteiger partial charge is 0.187 e. The molecule has 22 heavy (non-hydrogen) atoms. The molecule has 1 aromatic rings. The lowest BCUT2D eigenvalue weighted by Crippen LogP contribution is -2.42. The standard InChI is InChI=1S/C15H22N4O2S/c1-20-14-5-3-2-4-13(14)12-17-18-15(22)16-6-7-19-8-10-21-11-9-19/h2-5,12H,6-11H2,1H3,(H2,16,18,22)/b17-12+. The molecule has 0 amide bonds. The molecule has 1 aliphatic heterocycles. The fourth-order valence-electron chi connectivity index (χ4n) is 2.13. The van der Waals surface area contributed by atoms with Crippen LogP contribution in [0.15, 0.2) is 29.4 Å². The first-order valence-electron chi connectivity index (χ1n) is 7.29. The number of ether oxygens (including phenoxy) is 2. The van der Waals surface area contributed by atoms with Crippen molar-refractivity contribution in [2.45, 2.75) is 0 Å². The van der Waals surface area contributed by atoms with Crippen LogP contribution < -0.4 is 15.5 Å². The van der Waals surface area contributed by atoms with Crippen LogP contribution in [0.2, 0.25) is 0 Å². The molecule has 7 heteroatoms. The summed E-state index contributed by atoms with van der Waals surface area (Å²) in [5, 5.41) is 7.77. The maximum atomic E-state index is 5.31. The molecule has 1 heterocycles. The fourth-order valence-corrected chi connectivity index (χ4v) is 2.28. The topological polar surface area (TPSA) is 58.1 Å². The number of hydrazone groups is 1. The Kier molecular flexibility index (Phi) is 7.08. The number of benzene rings is 1. The molecule has 1 aliphatic rings. The van der Waals surface area contributed by atoms with E-state index >= 15 is 0 Å². The highest BCUT2D eigenvalue weighted by molar-refractivity contribution is 7.80. The first-order chi connectivity index (χ1) is 10.8. The number of morpholine rings is 1. The Morgan fingerprint density at radius 1 is 1.41 bits per heavy atom. The average Bonchev–Trinajstić information content (AvgIpc) is 2.56. The van der Waals surface area contributed by atoms with Gasteiger partial charge in [0, 0.05) is 31.7 Å². The van der Waals surface area contributed by atoms with Gasteiger partial charge >= 0.3 is 0 Å². The quantitative estimate of drug-likeness (QED) is 0.460. The minimum Gasteiger partial charge on any atom is -0.496 e. The van der Waals surface area contributed by atoms with Crippen molar-refractivity contribution in [1.29, 1.82) is 0 Å². The summed E-state index contributed by atoms with van der Waals surface area (Å²) in [6.45, 7) is 5.32. The minimum atomic E-state index is 0.513. The lowest BCUT2D eigenvalue weighted by Gasteiger charge is -2.26. The Morgan fingerprint density at radius 3 is 2.95 bits per heavy atom. The van der Waals surface area contributed by atoms with E-state index in [9.17, 15) is 0 Å². The van der Waals surface area contributed by atoms with E-state index in [0.717, 1.165) is 50.7 Å². The molecule has 1 fully saturated rings. The predicted molar refractivity (Wildman–Crippen MR) is 91.6 cm³/mol. The van der Waals surface area contributed by atoms with Gasteiger partial charge in [-0.1, -0.05) is 12.1 Å². The normalized spacial score (nSPS) is 15.7. The van der Waals surface area contributed by atoms with E-state index in [4.69, 9.17) is 21.7 Å². The van der Waals surface area contributed by atoms with Crippen LogP contribution in [-0.2, 0) is 4.74 Å². The summed E-state index contributed by atoms with van der Waals surface area (Å²) in [6, 6.07) is 7.67. The highest BCUT2D eigenvalue weighted by Gasteiger charge is 2.09. The molecule has 0 saturated carbocycles. The Hall–Kier alpha value is -1.70. The van der Waals surface area contributed by atoms with Crippen LogP contribution in [0.5, 0.6) is 5.75 Å². The van der Waals surface area contributed by atoms with Gasteiger partial charge in [-0.2, -0.15) is 5.10 Å². The zero-order valence-electron chi connectivity index (χ0n) is 12.7. The second kappa shape index (κ2) is 9.34. The van der Waals surface area contributed by atoms with Crippen molar-refractivity contribution in [3.8, 4) is 5.75 Å². The van der Waals surface area contributed by atoms with Crippen molar-refractivity contribution in [3.63, 3.8) is 0 Å². The zero-order valence-corrected chi connectivity index (χ0v) is 13.6. The van der Waals surface area contributed by atoms with Gasteiger partial charge in [0.05, 0.1) is 26.5 Å². The van der Waals surface area contributed by atoms with E-state index in [1.54, 1.807) is 13.3 Å². The summed E-state index contributed by atoms with van der Waals surface area (Å²) < 4.78 is 10.6. The molecule has 2 rings (SSSR count). The van der Waals surface area contributed by atoms with E-state index in [1.165, 1.54) is 0 Å². The van der Waals surface area contributed by atoms with Gasteiger partial charge in [0.1, 0.15) is 5.75 Å². The third-order valence-electron chi connectivity index (χ3n) is 3.33. The summed E-state index contributed by atoms with van der Waals surface area (Å²) in [6.07, 6.45) is 1.69. The van der Waals surface area contributed by atoms with Crippen LogP contribution >= 0.6 is 12.2 Å². The summed E-state index contributed by atoms with van der Waals surface area (Å²) in [5.74, 6) is 0.777. The molecule has 0 aromatic heterocycles. The Balaban J connectivity index is 1.67. The monoisotopic (exact) mass is 322 g/mol. The predicted octanol–water partition coefficient (Wildman–Crippen LogP) is 0.825. The van der Waals surface area contributed by atoms with Crippen LogP contribution in [0.25, 0.3) is 0 Å². The molecule has 1 saturated heterocycles. The number of methoxy groups -OCH3 is 1. The van der Waals surface area contributed by atoms with Gasteiger partial charge in [0.25, 0.3) is 0 Å². The third-order valence-corrected chi connectivity index (χ3v) is 3.56. The van der Waals surface area contributed by atoms with E-state index in [-0.39, 0.29) is 0 Å². The van der Waals surface area contributed by atoms with Gasteiger partial charge in [0.2, 0.25) is 0 Å². The molecule has 120 valence electrons. The third kappa shape index (κ3) is 5.59. The van der Waals surface area contributed by atoms with Gasteiger partial charge in [0.15, 0.2) is 5.11 Å². The number of hydrogen-bond donors (Lipinski definition) is 2. The van der Waals surface area contributed by atoms with E-state index < -0.39 is 0 Å². The summed E-state index contributed by atoms with van der Waals surface area (Å²) in [4.78, 5) is 2.34. The van der Waals surface area contributed by atoms with Crippen molar-refractivity contribution < 1.29 is 9.47 Å². The fraction of sp³-hybridized carbons (Fsp3) is 0.467. The SMILES string of the molecule is COc1ccccc1/C=N/NC(=S)NCCN1CCOCC1. The highest BCUT2D eigenvalue weighted by Crippen LogP contribution is 2.14. The lowest BCUT2D eigenvalue weighted by atomic mass is 10.2. The number of rotatable bonds is 6. The maximum absolute atomic E-state index is 5.31. The van der Waals surface area contributed by atoms with Gasteiger partial charge in [-0.05, 0) is 24.4 Å². The van der Waals surface area contributed by atoms with Crippen LogP contribution in [0.1, 0.15) is 5.56 Å². The van der Waals surface area contributed by atoms with Crippen molar-refractivity contribution in [1.82, 2.24) is 15.6 Å². The summed E-state index contributed by atoms with van der Waals surface area (Å²) >= 11 is 5.19. The van der Waals surface area contributed by atoms with Crippen LogP contribution in [0.4, 0.5) is 0 Å². The minimum absolute atomic E-state index is 0.513. The summed E-state index contributed by atoms with van der Waals surface area (Å²) in [7, 11) is 1.64. The molecule has 0 bridgehead atoms. The number of para-hydroxylation sites is 1. The Morgan fingerprint density at radius 2 is 2.18 bits per heavy atom. The Labute approximate surface area is 136 Å². The van der Waals surface area contributed by atoms with Gasteiger partial charge in [-0.15, -0.1) is 0 Å². The van der Waals surface area contributed by atoms with Gasteiger partial charge in [-0.25, -0.2) is 0 Å². The van der Waals surface area contributed by atoms with E-state index in [0.29, 0.717) is 5.11 Å². The number of thiocarbonyl (C=S) groups is 1. The average molecular weight is 322 g/mol. The molecule has 0 atom stereocenters. The molecular weight excluding hydrogens is 300 g/mol. The van der Waals surface area contributed by atoms with E-state index in [2.05, 4.69) is 20.7 Å². The largest absolute Gasteiger partial charge is 0.496 e. The first-order valence-corrected chi connectivity index (χ1v) is 7.70. The number of nitrogens with one attached hydrogen (secondary N) is 2. The van der Waals surface area contributed by atoms with Crippen molar-refractivity contribution in [2.75, 3.05) is 46.5 Å². The molecule has 6 nitrogen and oxygen atoms in total. The van der Waals surface area contributed by atoms with Crippen molar-refractivity contribution in [3.05, 3.63) is 29.8 Å². The second-order valence-corrected chi connectivity index (χ2v) is 5.23. The molecule has 0 unspecified atom stereocenters. The van der Waals surface area contributed by atoms with Crippen LogP contribution in [-0.4, -0.2) is 62.7 Å². The lowest BCUT2D eigenvalue weighted by molar-refractivity contribution is 0.0389. The molecule has 2 N–H and O–H groups in total. The van der Waals surface area contributed by atoms with Gasteiger partial charge < -0.3 is 14.8 Å². The number of nitrogens with zero attached hydrogens (tertiary/aromatic N) is 2. The molecule has 0 radical (unpaired) electrons. The summed E-state index contributed by atoms with van der Waals surface area (Å²) in [5.41, 5.74) is 3.71. The second-order valence-electron chi connectivity index (χ2n) is 4.82. The first kappa shape index (κ1) is 16.7. The van der Waals surface area contributed by atoms with Gasteiger partial charge in [-0.3, -0.25) is 10.3 Å². The zero-order chi connectivity index (χ0) is 15.6. The molecule has 0 aliphatic carbocycles. The molecule has 1 aromatic carbocycles. The maximum Gasteiger partial charge on any atom is 0.187 e. The Bertz CT molecular complexity index is 504. The van der Waals surface area contributed by atoms with Crippen LogP contribution in [0.3, 0.4) is 0 Å².